The van der Waals surface area contributed by atoms with Crippen LogP contribution in [0.25, 0.3) is 10.6 Å². The number of rotatable bonds is 6. The topological polar surface area (TPSA) is 70.6 Å². The maximum Gasteiger partial charge on any atom is 0.334 e. The molecule has 3 aromatic rings. The van der Waals surface area contributed by atoms with E-state index < -0.39 is 17.8 Å². The average Bonchev–Trinajstić information content (AvgIpc) is 3.41. The summed E-state index contributed by atoms with van der Waals surface area (Å²) in [4.78, 5) is 44.6. The second-order valence-corrected chi connectivity index (χ2v) is 7.86. The third-order valence-corrected chi connectivity index (χ3v) is 6.07. The molecule has 1 aliphatic heterocycles. The van der Waals surface area contributed by atoms with Gasteiger partial charge in [0.2, 0.25) is 0 Å². The molecule has 0 radical (unpaired) electrons. The fraction of sp³-hybridized carbons (Fsp3) is 0.158. The van der Waals surface area contributed by atoms with E-state index in [1.54, 1.807) is 11.3 Å². The standard InChI is InChI=1S/C19H15N3O3S2/c23-17-18(24)22(19(25)21(17)9-8-15-7-4-10-26-15)11-14-12-27-16(20-14)13-5-2-1-3-6-13/h1-7,10,12H,8-9,11H2. The van der Waals surface area contributed by atoms with Crippen LogP contribution in [0.3, 0.4) is 0 Å². The lowest BCUT2D eigenvalue weighted by Gasteiger charge is -2.14. The molecule has 0 bridgehead atoms. The Morgan fingerprint density at radius 3 is 2.41 bits per heavy atom. The minimum Gasteiger partial charge on any atom is -0.263 e. The molecule has 0 spiro atoms. The van der Waals surface area contributed by atoms with Gasteiger partial charge in [-0.1, -0.05) is 36.4 Å². The molecule has 27 heavy (non-hydrogen) atoms. The summed E-state index contributed by atoms with van der Waals surface area (Å²) < 4.78 is 0. The first kappa shape index (κ1) is 17.6. The molecule has 1 aromatic carbocycles. The normalized spacial score (nSPS) is 14.4. The molecule has 4 rings (SSSR count). The number of nitrogens with zero attached hydrogens (tertiary/aromatic N) is 3. The fourth-order valence-electron chi connectivity index (χ4n) is 2.82. The highest BCUT2D eigenvalue weighted by molar-refractivity contribution is 7.13. The van der Waals surface area contributed by atoms with Crippen molar-refractivity contribution in [3.63, 3.8) is 0 Å². The molecule has 6 nitrogen and oxygen atoms in total. The van der Waals surface area contributed by atoms with E-state index in [1.165, 1.54) is 11.3 Å². The van der Waals surface area contributed by atoms with Gasteiger partial charge in [-0.05, 0) is 11.4 Å². The van der Waals surface area contributed by atoms with Gasteiger partial charge in [-0.3, -0.25) is 14.5 Å². The number of urea groups is 1. The largest absolute Gasteiger partial charge is 0.334 e. The molecule has 0 N–H and O–H groups in total. The molecular weight excluding hydrogens is 382 g/mol. The van der Waals surface area contributed by atoms with Crippen molar-refractivity contribution in [2.24, 2.45) is 0 Å². The van der Waals surface area contributed by atoms with Gasteiger partial charge < -0.3 is 0 Å². The van der Waals surface area contributed by atoms with Gasteiger partial charge >= 0.3 is 17.8 Å². The minimum atomic E-state index is -0.791. The van der Waals surface area contributed by atoms with Crippen LogP contribution in [0.1, 0.15) is 10.6 Å². The Morgan fingerprint density at radius 2 is 1.67 bits per heavy atom. The number of carbonyl (C=O) groups is 3. The van der Waals surface area contributed by atoms with Gasteiger partial charge in [-0.15, -0.1) is 22.7 Å². The van der Waals surface area contributed by atoms with Gasteiger partial charge in [-0.25, -0.2) is 14.7 Å². The molecule has 1 fully saturated rings. The third-order valence-electron chi connectivity index (χ3n) is 4.19. The SMILES string of the molecule is O=C1C(=O)N(Cc2csc(-c3ccccc3)n2)C(=O)N1CCc1cccs1. The van der Waals surface area contributed by atoms with Crippen molar-refractivity contribution in [3.8, 4) is 10.6 Å². The molecule has 1 aliphatic rings. The van der Waals surface area contributed by atoms with Gasteiger partial charge in [0.25, 0.3) is 0 Å². The molecule has 1 saturated heterocycles. The second kappa shape index (κ2) is 7.42. The lowest BCUT2D eigenvalue weighted by molar-refractivity contribution is -0.143. The van der Waals surface area contributed by atoms with Gasteiger partial charge in [0.1, 0.15) is 5.01 Å². The number of thiophene rings is 1. The van der Waals surface area contributed by atoms with E-state index in [9.17, 15) is 14.4 Å². The molecule has 8 heteroatoms. The van der Waals surface area contributed by atoms with Crippen LogP contribution in [0, 0.1) is 0 Å². The zero-order valence-electron chi connectivity index (χ0n) is 14.2. The number of hydrogen-bond donors (Lipinski definition) is 0. The van der Waals surface area contributed by atoms with Crippen LogP contribution in [0.15, 0.2) is 53.2 Å². The Bertz CT molecular complexity index is 983. The lowest BCUT2D eigenvalue weighted by Crippen LogP contribution is -2.34. The zero-order valence-corrected chi connectivity index (χ0v) is 15.8. The van der Waals surface area contributed by atoms with Crippen LogP contribution in [-0.2, 0) is 22.6 Å². The van der Waals surface area contributed by atoms with Crippen molar-refractivity contribution in [2.45, 2.75) is 13.0 Å². The van der Waals surface area contributed by atoms with E-state index in [0.717, 1.165) is 25.2 Å². The van der Waals surface area contributed by atoms with Crippen molar-refractivity contribution in [3.05, 3.63) is 63.8 Å². The fourth-order valence-corrected chi connectivity index (χ4v) is 4.33. The third kappa shape index (κ3) is 3.54. The monoisotopic (exact) mass is 397 g/mol. The predicted molar refractivity (Wildman–Crippen MR) is 103 cm³/mol. The summed E-state index contributed by atoms with van der Waals surface area (Å²) in [7, 11) is 0. The maximum atomic E-state index is 12.6. The predicted octanol–water partition coefficient (Wildman–Crippen LogP) is 3.41. The highest BCUT2D eigenvalue weighted by Crippen LogP contribution is 2.25. The Kier molecular flexibility index (Phi) is 4.83. The van der Waals surface area contributed by atoms with Crippen molar-refractivity contribution >= 4 is 40.5 Å². The van der Waals surface area contributed by atoms with Crippen LogP contribution in [0.5, 0.6) is 0 Å². The summed E-state index contributed by atoms with van der Waals surface area (Å²) >= 11 is 3.00. The summed E-state index contributed by atoms with van der Waals surface area (Å²) in [6.45, 7) is 0.203. The molecule has 4 amide bonds. The van der Waals surface area contributed by atoms with Crippen LogP contribution in [0.4, 0.5) is 4.79 Å². The van der Waals surface area contributed by atoms with Gasteiger partial charge in [0.05, 0.1) is 12.2 Å². The summed E-state index contributed by atoms with van der Waals surface area (Å²) in [5.74, 6) is -1.56. The highest BCUT2D eigenvalue weighted by Gasteiger charge is 2.44. The summed E-state index contributed by atoms with van der Waals surface area (Å²) in [6.07, 6.45) is 0.547. The molecular formula is C19H15N3O3S2. The summed E-state index contributed by atoms with van der Waals surface area (Å²) in [5, 5.41) is 4.56. The average molecular weight is 397 g/mol. The highest BCUT2D eigenvalue weighted by atomic mass is 32.1. The van der Waals surface area contributed by atoms with Crippen molar-refractivity contribution in [1.82, 2.24) is 14.8 Å². The second-order valence-electron chi connectivity index (χ2n) is 5.97. The van der Waals surface area contributed by atoms with E-state index in [4.69, 9.17) is 0 Å². The lowest BCUT2D eigenvalue weighted by atomic mass is 10.2. The molecule has 0 atom stereocenters. The number of carbonyl (C=O) groups excluding carboxylic acids is 3. The molecule has 136 valence electrons. The van der Waals surface area contributed by atoms with Crippen molar-refractivity contribution in [2.75, 3.05) is 6.54 Å². The van der Waals surface area contributed by atoms with Crippen LogP contribution >= 0.6 is 22.7 Å². The molecule has 3 heterocycles. The van der Waals surface area contributed by atoms with Crippen LogP contribution in [0.2, 0.25) is 0 Å². The zero-order chi connectivity index (χ0) is 18.8. The summed E-state index contributed by atoms with van der Waals surface area (Å²) in [5.41, 5.74) is 1.56. The number of imide groups is 2. The quantitative estimate of drug-likeness (QED) is 0.472. The molecule has 0 unspecified atom stereocenters. The first-order valence-corrected chi connectivity index (χ1v) is 10.1. The van der Waals surface area contributed by atoms with Gasteiger partial charge in [-0.2, -0.15) is 0 Å². The number of hydrogen-bond acceptors (Lipinski definition) is 6. The minimum absolute atomic E-state index is 0.00222. The van der Waals surface area contributed by atoms with Crippen LogP contribution < -0.4 is 0 Å². The number of benzene rings is 1. The Hall–Kier alpha value is -2.84. The van der Waals surface area contributed by atoms with Crippen LogP contribution in [-0.4, -0.2) is 39.2 Å². The molecule has 2 aromatic heterocycles. The first-order valence-electron chi connectivity index (χ1n) is 8.33. The molecule has 0 saturated carbocycles. The Balaban J connectivity index is 1.46. The molecule has 0 aliphatic carbocycles. The first-order chi connectivity index (χ1) is 13.1. The van der Waals surface area contributed by atoms with E-state index in [-0.39, 0.29) is 13.1 Å². The van der Waals surface area contributed by atoms with E-state index in [2.05, 4.69) is 4.98 Å². The Morgan fingerprint density at radius 1 is 0.889 bits per heavy atom. The van der Waals surface area contributed by atoms with Crippen molar-refractivity contribution in [1.29, 1.82) is 0 Å². The van der Waals surface area contributed by atoms with E-state index in [0.29, 0.717) is 12.1 Å². The number of amides is 4. The van der Waals surface area contributed by atoms with E-state index in [1.807, 2.05) is 53.2 Å². The maximum absolute atomic E-state index is 12.6. The van der Waals surface area contributed by atoms with E-state index >= 15 is 0 Å². The van der Waals surface area contributed by atoms with Gasteiger partial charge in [0, 0.05) is 28.8 Å². The smallest absolute Gasteiger partial charge is 0.263 e. The summed E-state index contributed by atoms with van der Waals surface area (Å²) in [6, 6.07) is 13.0. The Labute approximate surface area is 163 Å². The van der Waals surface area contributed by atoms with Gasteiger partial charge in [0.15, 0.2) is 0 Å². The number of thiazole rings is 1. The van der Waals surface area contributed by atoms with Crippen molar-refractivity contribution < 1.29 is 14.4 Å². The number of aromatic nitrogens is 1.